The molecule has 3 unspecified atom stereocenters. The number of amides is 2. The number of rotatable bonds is 7. The maximum Gasteiger partial charge on any atom is 0.256 e. The molecule has 0 aromatic heterocycles. The zero-order chi connectivity index (χ0) is 18.2. The van der Waals surface area contributed by atoms with Crippen molar-refractivity contribution in [2.24, 2.45) is 5.92 Å². The van der Waals surface area contributed by atoms with E-state index in [0.717, 1.165) is 31.2 Å². The van der Waals surface area contributed by atoms with Gasteiger partial charge in [-0.05, 0) is 31.7 Å². The van der Waals surface area contributed by atoms with Crippen molar-refractivity contribution in [3.8, 4) is 0 Å². The van der Waals surface area contributed by atoms with Crippen LogP contribution in [-0.4, -0.2) is 43.0 Å². The molecule has 5 heteroatoms. The summed E-state index contributed by atoms with van der Waals surface area (Å²) < 4.78 is 5.45. The summed E-state index contributed by atoms with van der Waals surface area (Å²) in [5.74, 6) is -0.134. The van der Waals surface area contributed by atoms with Crippen LogP contribution in [0.5, 0.6) is 0 Å². The molecule has 1 heterocycles. The van der Waals surface area contributed by atoms with E-state index >= 15 is 0 Å². The number of benzene rings is 1. The van der Waals surface area contributed by atoms with Crippen molar-refractivity contribution in [3.63, 3.8) is 0 Å². The molecule has 138 valence electrons. The molecule has 2 rings (SSSR count). The fourth-order valence-electron chi connectivity index (χ4n) is 3.43. The third-order valence-electron chi connectivity index (χ3n) is 4.78. The van der Waals surface area contributed by atoms with Gasteiger partial charge in [-0.15, -0.1) is 0 Å². The van der Waals surface area contributed by atoms with Crippen molar-refractivity contribution in [3.05, 3.63) is 35.9 Å². The highest BCUT2D eigenvalue weighted by Crippen LogP contribution is 2.24. The molecule has 3 atom stereocenters. The van der Waals surface area contributed by atoms with Gasteiger partial charge in [0.2, 0.25) is 5.91 Å². The number of piperidine rings is 1. The minimum Gasteiger partial charge on any atom is -0.367 e. The molecule has 5 nitrogen and oxygen atoms in total. The molecule has 0 saturated carbocycles. The standard InChI is InChI=1S/C20H30N2O3/c1-4-9-15(2)21-19(23)17-12-8-13-22(14-17)20(24)18(25-3)16-10-6-5-7-11-16/h5-7,10-11,15,17-18H,4,8-9,12-14H2,1-3H3,(H,21,23). The fraction of sp³-hybridized carbons (Fsp3) is 0.600. The highest BCUT2D eigenvalue weighted by Gasteiger charge is 2.32. The SMILES string of the molecule is CCCC(C)NC(=O)C1CCCN(C(=O)C(OC)c2ccccc2)C1. The number of likely N-dealkylation sites (tertiary alicyclic amines) is 1. The third kappa shape index (κ3) is 5.30. The van der Waals surface area contributed by atoms with Gasteiger partial charge in [-0.2, -0.15) is 0 Å². The average molecular weight is 346 g/mol. The van der Waals surface area contributed by atoms with Crippen molar-refractivity contribution < 1.29 is 14.3 Å². The van der Waals surface area contributed by atoms with Crippen LogP contribution < -0.4 is 5.32 Å². The predicted octanol–water partition coefficient (Wildman–Crippen LogP) is 2.92. The maximum atomic E-state index is 12.9. The number of carbonyl (C=O) groups excluding carboxylic acids is 2. The normalized spacial score (nSPS) is 20.0. The smallest absolute Gasteiger partial charge is 0.256 e. The Morgan fingerprint density at radius 1 is 1.32 bits per heavy atom. The topological polar surface area (TPSA) is 58.6 Å². The minimum atomic E-state index is -0.609. The Balaban J connectivity index is 1.99. The first-order chi connectivity index (χ1) is 12.1. The van der Waals surface area contributed by atoms with Crippen LogP contribution in [0.4, 0.5) is 0 Å². The Hall–Kier alpha value is -1.88. The highest BCUT2D eigenvalue weighted by molar-refractivity contribution is 5.84. The van der Waals surface area contributed by atoms with E-state index in [1.54, 1.807) is 12.0 Å². The van der Waals surface area contributed by atoms with Gasteiger partial charge >= 0.3 is 0 Å². The second kappa shape index (κ2) is 9.56. The summed E-state index contributed by atoms with van der Waals surface area (Å²) in [6.07, 6.45) is 3.08. The van der Waals surface area contributed by atoms with Crippen LogP contribution in [0.25, 0.3) is 0 Å². The predicted molar refractivity (Wildman–Crippen MR) is 98.0 cm³/mol. The quantitative estimate of drug-likeness (QED) is 0.826. The first-order valence-corrected chi connectivity index (χ1v) is 9.23. The van der Waals surface area contributed by atoms with Crippen LogP contribution in [0.2, 0.25) is 0 Å². The van der Waals surface area contributed by atoms with Crippen molar-refractivity contribution >= 4 is 11.8 Å². The number of hydrogen-bond donors (Lipinski definition) is 1. The Bertz CT molecular complexity index is 561. The molecule has 0 aliphatic carbocycles. The summed E-state index contributed by atoms with van der Waals surface area (Å²) in [5, 5.41) is 3.08. The molecule has 0 radical (unpaired) electrons. The van der Waals surface area contributed by atoms with E-state index in [2.05, 4.69) is 12.2 Å². The number of methoxy groups -OCH3 is 1. The molecule has 1 aromatic rings. The molecule has 2 amide bonds. The second-order valence-corrected chi connectivity index (χ2v) is 6.85. The molecular formula is C20H30N2O3. The molecule has 1 aliphatic rings. The molecule has 1 fully saturated rings. The van der Waals surface area contributed by atoms with Gasteiger partial charge in [0, 0.05) is 26.2 Å². The Morgan fingerprint density at radius 3 is 2.68 bits per heavy atom. The van der Waals surface area contributed by atoms with Crippen LogP contribution >= 0.6 is 0 Å². The van der Waals surface area contributed by atoms with Gasteiger partial charge in [0.1, 0.15) is 0 Å². The van der Waals surface area contributed by atoms with Gasteiger partial charge in [0.05, 0.1) is 5.92 Å². The zero-order valence-corrected chi connectivity index (χ0v) is 15.5. The molecule has 0 spiro atoms. The second-order valence-electron chi connectivity index (χ2n) is 6.85. The first-order valence-electron chi connectivity index (χ1n) is 9.23. The average Bonchev–Trinajstić information content (AvgIpc) is 2.63. The number of nitrogens with one attached hydrogen (secondary N) is 1. The van der Waals surface area contributed by atoms with Crippen LogP contribution in [0.3, 0.4) is 0 Å². The molecule has 1 aliphatic heterocycles. The third-order valence-corrected chi connectivity index (χ3v) is 4.78. The van der Waals surface area contributed by atoms with Crippen molar-refractivity contribution in [2.45, 2.75) is 51.7 Å². The van der Waals surface area contributed by atoms with E-state index in [4.69, 9.17) is 4.74 Å². The zero-order valence-electron chi connectivity index (χ0n) is 15.5. The van der Waals surface area contributed by atoms with Gasteiger partial charge in [-0.25, -0.2) is 0 Å². The largest absolute Gasteiger partial charge is 0.367 e. The molecule has 1 aromatic carbocycles. The van der Waals surface area contributed by atoms with Crippen molar-refractivity contribution in [1.29, 1.82) is 0 Å². The minimum absolute atomic E-state index is 0.0622. The van der Waals surface area contributed by atoms with Crippen molar-refractivity contribution in [2.75, 3.05) is 20.2 Å². The summed E-state index contributed by atoms with van der Waals surface area (Å²) >= 11 is 0. The van der Waals surface area contributed by atoms with E-state index in [9.17, 15) is 9.59 Å². The van der Waals surface area contributed by atoms with E-state index in [1.165, 1.54) is 0 Å². The summed E-state index contributed by atoms with van der Waals surface area (Å²) in [7, 11) is 1.55. The van der Waals surface area contributed by atoms with E-state index in [0.29, 0.717) is 13.1 Å². The molecule has 25 heavy (non-hydrogen) atoms. The molecular weight excluding hydrogens is 316 g/mol. The van der Waals surface area contributed by atoms with Crippen LogP contribution in [-0.2, 0) is 14.3 Å². The summed E-state index contributed by atoms with van der Waals surface area (Å²) in [5.41, 5.74) is 0.846. The number of ether oxygens (including phenoxy) is 1. The van der Waals surface area contributed by atoms with Crippen molar-refractivity contribution in [1.82, 2.24) is 10.2 Å². The maximum absolute atomic E-state index is 12.9. The molecule has 0 bridgehead atoms. The summed E-state index contributed by atoms with van der Waals surface area (Å²) in [6, 6.07) is 9.69. The van der Waals surface area contributed by atoms with E-state index in [-0.39, 0.29) is 23.8 Å². The van der Waals surface area contributed by atoms with E-state index < -0.39 is 6.10 Å². The van der Waals surface area contributed by atoms with Gasteiger partial charge in [-0.1, -0.05) is 43.7 Å². The Kier molecular flexibility index (Phi) is 7.44. The fourth-order valence-corrected chi connectivity index (χ4v) is 3.43. The van der Waals surface area contributed by atoms with Gasteiger partial charge in [0.15, 0.2) is 6.10 Å². The molecule has 1 N–H and O–H groups in total. The number of nitrogens with zero attached hydrogens (tertiary/aromatic N) is 1. The summed E-state index contributed by atoms with van der Waals surface area (Å²) in [4.78, 5) is 27.1. The lowest BCUT2D eigenvalue weighted by Gasteiger charge is -2.34. The lowest BCUT2D eigenvalue weighted by molar-refractivity contribution is -0.145. The van der Waals surface area contributed by atoms with Gasteiger partial charge in [0.25, 0.3) is 5.91 Å². The Morgan fingerprint density at radius 2 is 2.04 bits per heavy atom. The van der Waals surface area contributed by atoms with Gasteiger partial charge < -0.3 is 15.0 Å². The van der Waals surface area contributed by atoms with E-state index in [1.807, 2.05) is 37.3 Å². The van der Waals surface area contributed by atoms with Crippen LogP contribution in [0.1, 0.15) is 51.2 Å². The first kappa shape index (κ1) is 19.4. The van der Waals surface area contributed by atoms with Gasteiger partial charge in [-0.3, -0.25) is 9.59 Å². The van der Waals surface area contributed by atoms with Crippen LogP contribution in [0.15, 0.2) is 30.3 Å². The summed E-state index contributed by atoms with van der Waals surface area (Å²) in [6.45, 7) is 5.29. The highest BCUT2D eigenvalue weighted by atomic mass is 16.5. The Labute approximate surface area is 150 Å². The number of carbonyl (C=O) groups is 2. The lowest BCUT2D eigenvalue weighted by atomic mass is 9.95. The number of hydrogen-bond acceptors (Lipinski definition) is 3. The van der Waals surface area contributed by atoms with Crippen LogP contribution in [0, 0.1) is 5.92 Å². The molecule has 1 saturated heterocycles. The monoisotopic (exact) mass is 346 g/mol. The lowest BCUT2D eigenvalue weighted by Crippen LogP contribution is -2.48.